The first-order chi connectivity index (χ1) is 16.0. The van der Waals surface area contributed by atoms with Gasteiger partial charge in [0.2, 0.25) is 0 Å². The number of carbonyl (C=O) groups is 2. The molecule has 7 nitrogen and oxygen atoms in total. The van der Waals surface area contributed by atoms with Crippen LogP contribution < -0.4 is 0 Å². The van der Waals surface area contributed by atoms with Crippen LogP contribution in [0.4, 0.5) is 0 Å². The van der Waals surface area contributed by atoms with E-state index in [0.29, 0.717) is 17.7 Å². The van der Waals surface area contributed by atoms with Crippen molar-refractivity contribution < 1.29 is 19.1 Å². The first-order valence-corrected chi connectivity index (χ1v) is 11.4. The number of rotatable bonds is 4. The van der Waals surface area contributed by atoms with E-state index in [4.69, 9.17) is 14.5 Å². The van der Waals surface area contributed by atoms with E-state index in [1.807, 2.05) is 37.3 Å². The molecule has 0 radical (unpaired) electrons. The van der Waals surface area contributed by atoms with Crippen LogP contribution in [0.1, 0.15) is 50.2 Å². The van der Waals surface area contributed by atoms with Crippen LogP contribution in [0.25, 0.3) is 11.3 Å². The third-order valence-electron chi connectivity index (χ3n) is 6.78. The number of imidazole rings is 1. The summed E-state index contributed by atoms with van der Waals surface area (Å²) < 4.78 is 12.7. The van der Waals surface area contributed by atoms with Crippen molar-refractivity contribution in [2.24, 2.45) is 0 Å². The molecule has 0 N–H and O–H groups in total. The molecule has 3 aliphatic heterocycles. The van der Waals surface area contributed by atoms with Gasteiger partial charge in [-0.25, -0.2) is 14.6 Å². The van der Waals surface area contributed by atoms with E-state index in [0.717, 1.165) is 67.2 Å². The third kappa shape index (κ3) is 3.72. The van der Waals surface area contributed by atoms with E-state index in [1.165, 1.54) is 5.56 Å². The molecule has 0 spiro atoms. The molecule has 0 fully saturated rings. The Kier molecular flexibility index (Phi) is 4.80. The zero-order valence-corrected chi connectivity index (χ0v) is 18.5. The molecule has 33 heavy (non-hydrogen) atoms. The lowest BCUT2D eigenvalue weighted by Crippen LogP contribution is -2.35. The molecule has 4 heterocycles. The fourth-order valence-corrected chi connectivity index (χ4v) is 4.98. The fourth-order valence-electron chi connectivity index (χ4n) is 4.98. The Hall–Kier alpha value is -3.45. The van der Waals surface area contributed by atoms with Crippen LogP contribution >= 0.6 is 0 Å². The molecule has 2 aromatic carbocycles. The number of fused-ring (bicyclic) bond motifs is 3. The van der Waals surface area contributed by atoms with Gasteiger partial charge in [0.1, 0.15) is 18.5 Å². The van der Waals surface area contributed by atoms with Crippen molar-refractivity contribution in [1.29, 1.82) is 0 Å². The zero-order valence-electron chi connectivity index (χ0n) is 18.5. The summed E-state index contributed by atoms with van der Waals surface area (Å²) in [4.78, 5) is 31.1. The van der Waals surface area contributed by atoms with Gasteiger partial charge in [-0.3, -0.25) is 4.90 Å². The Labute approximate surface area is 191 Å². The van der Waals surface area contributed by atoms with Crippen molar-refractivity contribution in [3.63, 3.8) is 0 Å². The molecule has 0 aliphatic carbocycles. The van der Waals surface area contributed by atoms with E-state index in [9.17, 15) is 9.59 Å². The molecule has 3 aromatic rings. The fraction of sp³-hybridized carbons (Fsp3) is 0.346. The summed E-state index contributed by atoms with van der Waals surface area (Å²) in [6.07, 6.45) is 3.76. The number of ether oxygens (including phenoxy) is 2. The molecule has 6 rings (SSSR count). The van der Waals surface area contributed by atoms with Crippen LogP contribution in [-0.2, 0) is 42.0 Å². The molecule has 168 valence electrons. The Morgan fingerprint density at radius 2 is 1.88 bits per heavy atom. The first kappa shape index (κ1) is 20.2. The maximum Gasteiger partial charge on any atom is 0.338 e. The van der Waals surface area contributed by atoms with Gasteiger partial charge in [0.15, 0.2) is 0 Å². The molecule has 3 aliphatic rings. The quantitative estimate of drug-likeness (QED) is 0.576. The molecule has 1 aromatic heterocycles. The largest absolute Gasteiger partial charge is 0.459 e. The summed E-state index contributed by atoms with van der Waals surface area (Å²) in [5.41, 5.74) is 6.58. The predicted molar refractivity (Wildman–Crippen MR) is 121 cm³/mol. The monoisotopic (exact) mass is 443 g/mol. The summed E-state index contributed by atoms with van der Waals surface area (Å²) in [6, 6.07) is 11.9. The molecular formula is C26H25N3O4. The maximum atomic E-state index is 12.0. The molecular weight excluding hydrogens is 418 g/mol. The van der Waals surface area contributed by atoms with Crippen molar-refractivity contribution in [2.45, 2.75) is 45.6 Å². The van der Waals surface area contributed by atoms with Crippen LogP contribution in [0.15, 0.2) is 42.6 Å². The zero-order chi connectivity index (χ0) is 22.5. The van der Waals surface area contributed by atoms with Crippen molar-refractivity contribution in [3.8, 4) is 11.3 Å². The van der Waals surface area contributed by atoms with E-state index in [-0.39, 0.29) is 18.0 Å². The number of esters is 2. The highest BCUT2D eigenvalue weighted by Crippen LogP contribution is 2.28. The van der Waals surface area contributed by atoms with Gasteiger partial charge < -0.3 is 14.0 Å². The maximum absolute atomic E-state index is 12.0. The number of carbonyl (C=O) groups excluding carboxylic acids is 2. The van der Waals surface area contributed by atoms with Crippen LogP contribution in [-0.4, -0.2) is 45.6 Å². The summed E-state index contributed by atoms with van der Waals surface area (Å²) in [5.74, 6) is 0.604. The van der Waals surface area contributed by atoms with Gasteiger partial charge in [0.25, 0.3) is 0 Å². The van der Waals surface area contributed by atoms with Crippen LogP contribution in [0.5, 0.6) is 0 Å². The second-order valence-electron chi connectivity index (χ2n) is 9.12. The van der Waals surface area contributed by atoms with Gasteiger partial charge >= 0.3 is 11.9 Å². The summed E-state index contributed by atoms with van der Waals surface area (Å²) in [7, 11) is 0. The van der Waals surface area contributed by atoms with Gasteiger partial charge in [-0.1, -0.05) is 18.2 Å². The molecule has 7 heteroatoms. The standard InChI is InChI=1S/C26H25N3O4/c1-16-10-19-11-17(2-4-21(19)26(31)33-16)6-7-28-8-9-29-13-23(27-24(29)14-28)18-3-5-22-20(12-18)15-32-25(22)30/h2-5,11-13,16H,6-10,14-15H2,1H3/t16-/m0/s1. The molecule has 0 amide bonds. The van der Waals surface area contributed by atoms with Crippen molar-refractivity contribution in [2.75, 3.05) is 13.1 Å². The van der Waals surface area contributed by atoms with Crippen LogP contribution in [0, 0.1) is 0 Å². The minimum Gasteiger partial charge on any atom is -0.459 e. The number of benzene rings is 2. The predicted octanol–water partition coefficient (Wildman–Crippen LogP) is 3.38. The van der Waals surface area contributed by atoms with E-state index < -0.39 is 0 Å². The van der Waals surface area contributed by atoms with Gasteiger partial charge in [-0.2, -0.15) is 0 Å². The summed E-state index contributed by atoms with van der Waals surface area (Å²) in [6.45, 7) is 5.91. The van der Waals surface area contributed by atoms with Crippen molar-refractivity contribution in [3.05, 3.63) is 76.2 Å². The SMILES string of the molecule is C[C@H]1Cc2cc(CCN3CCn4cc(-c5ccc6c(c5)COC6=O)nc4C3)ccc2C(=O)O1. The molecule has 0 saturated heterocycles. The summed E-state index contributed by atoms with van der Waals surface area (Å²) in [5, 5.41) is 0. The molecule has 1 atom stereocenters. The normalized spacial score (nSPS) is 19.5. The minimum absolute atomic E-state index is 0.0610. The number of cyclic esters (lactones) is 2. The molecule has 0 unspecified atom stereocenters. The Bertz CT molecular complexity index is 1280. The van der Waals surface area contributed by atoms with Crippen LogP contribution in [0.3, 0.4) is 0 Å². The smallest absolute Gasteiger partial charge is 0.338 e. The average molecular weight is 444 g/mol. The number of hydrogen-bond acceptors (Lipinski definition) is 6. The highest BCUT2D eigenvalue weighted by Gasteiger charge is 2.25. The highest BCUT2D eigenvalue weighted by atomic mass is 16.5. The van der Waals surface area contributed by atoms with E-state index in [2.05, 4.69) is 21.7 Å². The molecule has 0 saturated carbocycles. The summed E-state index contributed by atoms with van der Waals surface area (Å²) >= 11 is 0. The number of hydrogen-bond donors (Lipinski definition) is 0. The minimum atomic E-state index is -0.246. The van der Waals surface area contributed by atoms with Gasteiger partial charge in [0.05, 0.1) is 23.4 Å². The second kappa shape index (κ2) is 7.85. The Morgan fingerprint density at radius 1 is 1.03 bits per heavy atom. The third-order valence-corrected chi connectivity index (χ3v) is 6.78. The lowest BCUT2D eigenvalue weighted by molar-refractivity contribution is 0.0301. The van der Waals surface area contributed by atoms with Crippen LogP contribution in [0.2, 0.25) is 0 Å². The van der Waals surface area contributed by atoms with Crippen molar-refractivity contribution >= 4 is 11.9 Å². The first-order valence-electron chi connectivity index (χ1n) is 11.4. The number of aromatic nitrogens is 2. The molecule has 0 bridgehead atoms. The van der Waals surface area contributed by atoms with Crippen molar-refractivity contribution in [1.82, 2.24) is 14.5 Å². The lowest BCUT2D eigenvalue weighted by Gasteiger charge is -2.27. The Balaban J connectivity index is 1.13. The van der Waals surface area contributed by atoms with E-state index in [1.54, 1.807) is 0 Å². The average Bonchev–Trinajstić information content (AvgIpc) is 3.40. The lowest BCUT2D eigenvalue weighted by atomic mass is 9.96. The van der Waals surface area contributed by atoms with Gasteiger partial charge in [-0.15, -0.1) is 0 Å². The second-order valence-corrected chi connectivity index (χ2v) is 9.12. The van der Waals surface area contributed by atoms with E-state index >= 15 is 0 Å². The highest BCUT2D eigenvalue weighted by molar-refractivity contribution is 5.94. The van der Waals surface area contributed by atoms with Gasteiger partial charge in [-0.05, 0) is 42.7 Å². The van der Waals surface area contributed by atoms with Gasteiger partial charge in [0, 0.05) is 43.4 Å². The number of nitrogens with zero attached hydrogens (tertiary/aromatic N) is 3. The Morgan fingerprint density at radius 3 is 2.79 bits per heavy atom. The topological polar surface area (TPSA) is 73.7 Å².